The zero-order chi connectivity index (χ0) is 15.5. The summed E-state index contributed by atoms with van der Waals surface area (Å²) in [6.45, 7) is 0. The Balaban J connectivity index is 2.28. The van der Waals surface area contributed by atoms with Crippen molar-refractivity contribution in [2.45, 2.75) is 10.9 Å². The van der Waals surface area contributed by atoms with Crippen LogP contribution in [0.4, 0.5) is 0 Å². The van der Waals surface area contributed by atoms with Crippen LogP contribution in [0.25, 0.3) is 0 Å². The van der Waals surface area contributed by atoms with Gasteiger partial charge in [0.15, 0.2) is 9.84 Å². The summed E-state index contributed by atoms with van der Waals surface area (Å²) in [6.07, 6.45) is 0. The molecule has 0 aliphatic carbocycles. The standard InChI is InChI=1S/C15H16ClNO3S/c1-20-15-8-3-2-7-13(15)14(17)10-21(18,19)12-6-4-5-11(16)9-12/h2-9,14H,10,17H2,1H3. The maximum Gasteiger partial charge on any atom is 0.180 e. The molecule has 0 radical (unpaired) electrons. The first-order valence-electron chi connectivity index (χ1n) is 6.31. The number of para-hydroxylation sites is 1. The predicted molar refractivity (Wildman–Crippen MR) is 83.4 cm³/mol. The molecule has 0 saturated carbocycles. The SMILES string of the molecule is COc1ccccc1C(N)CS(=O)(=O)c1cccc(Cl)c1. The first-order valence-corrected chi connectivity index (χ1v) is 8.34. The van der Waals surface area contributed by atoms with Crippen molar-refractivity contribution in [1.29, 1.82) is 0 Å². The Hall–Kier alpha value is -1.56. The summed E-state index contributed by atoms with van der Waals surface area (Å²) >= 11 is 5.84. The van der Waals surface area contributed by atoms with Crippen LogP contribution in [0.5, 0.6) is 5.75 Å². The molecule has 4 nitrogen and oxygen atoms in total. The second-order valence-corrected chi connectivity index (χ2v) is 7.06. The fraction of sp³-hybridized carbons (Fsp3) is 0.200. The van der Waals surface area contributed by atoms with E-state index in [9.17, 15) is 8.42 Å². The third-order valence-corrected chi connectivity index (χ3v) is 5.10. The Bertz CT molecular complexity index is 731. The second kappa shape index (κ2) is 6.47. The second-order valence-electron chi connectivity index (χ2n) is 4.59. The van der Waals surface area contributed by atoms with Gasteiger partial charge in [-0.1, -0.05) is 35.9 Å². The first kappa shape index (κ1) is 15.8. The molecule has 0 bridgehead atoms. The largest absolute Gasteiger partial charge is 0.496 e. The topological polar surface area (TPSA) is 69.4 Å². The average molecular weight is 326 g/mol. The molecule has 2 rings (SSSR count). The molecule has 21 heavy (non-hydrogen) atoms. The van der Waals surface area contributed by atoms with Gasteiger partial charge < -0.3 is 10.5 Å². The van der Waals surface area contributed by atoms with Gasteiger partial charge >= 0.3 is 0 Å². The van der Waals surface area contributed by atoms with Crippen molar-refractivity contribution in [2.75, 3.05) is 12.9 Å². The number of methoxy groups -OCH3 is 1. The monoisotopic (exact) mass is 325 g/mol. The number of rotatable bonds is 5. The van der Waals surface area contributed by atoms with Gasteiger partial charge in [-0.15, -0.1) is 0 Å². The highest BCUT2D eigenvalue weighted by Crippen LogP contribution is 2.26. The lowest BCUT2D eigenvalue weighted by Crippen LogP contribution is -2.22. The highest BCUT2D eigenvalue weighted by molar-refractivity contribution is 7.91. The Morgan fingerprint density at radius 2 is 1.90 bits per heavy atom. The Labute approximate surface area is 129 Å². The van der Waals surface area contributed by atoms with Gasteiger partial charge in [0.1, 0.15) is 5.75 Å². The molecule has 1 atom stereocenters. The lowest BCUT2D eigenvalue weighted by Gasteiger charge is -2.16. The van der Waals surface area contributed by atoms with Crippen LogP contribution >= 0.6 is 11.6 Å². The molecular weight excluding hydrogens is 310 g/mol. The van der Waals surface area contributed by atoms with Crippen LogP contribution in [-0.2, 0) is 9.84 Å². The number of hydrogen-bond acceptors (Lipinski definition) is 4. The highest BCUT2D eigenvalue weighted by Gasteiger charge is 2.22. The number of ether oxygens (including phenoxy) is 1. The van der Waals surface area contributed by atoms with E-state index in [1.165, 1.54) is 19.2 Å². The van der Waals surface area contributed by atoms with E-state index in [4.69, 9.17) is 22.1 Å². The lowest BCUT2D eigenvalue weighted by atomic mass is 10.1. The maximum absolute atomic E-state index is 12.4. The minimum Gasteiger partial charge on any atom is -0.496 e. The third kappa shape index (κ3) is 3.75. The van der Waals surface area contributed by atoms with E-state index in [0.717, 1.165) is 0 Å². The van der Waals surface area contributed by atoms with Gasteiger partial charge in [0.25, 0.3) is 0 Å². The smallest absolute Gasteiger partial charge is 0.180 e. The molecule has 0 aliphatic heterocycles. The van der Waals surface area contributed by atoms with Crippen LogP contribution in [-0.4, -0.2) is 21.3 Å². The van der Waals surface area contributed by atoms with Gasteiger partial charge in [-0.25, -0.2) is 8.42 Å². The van der Waals surface area contributed by atoms with E-state index < -0.39 is 15.9 Å². The van der Waals surface area contributed by atoms with Crippen LogP contribution in [0.2, 0.25) is 5.02 Å². The summed E-state index contributed by atoms with van der Waals surface area (Å²) in [5, 5.41) is 0.377. The van der Waals surface area contributed by atoms with Crippen molar-refractivity contribution in [3.05, 3.63) is 59.1 Å². The molecule has 1 unspecified atom stereocenters. The van der Waals surface area contributed by atoms with E-state index >= 15 is 0 Å². The summed E-state index contributed by atoms with van der Waals surface area (Å²) in [5.41, 5.74) is 6.70. The van der Waals surface area contributed by atoms with Gasteiger partial charge in [-0.3, -0.25) is 0 Å². The van der Waals surface area contributed by atoms with Gasteiger partial charge in [0.05, 0.1) is 17.8 Å². The number of sulfone groups is 1. The van der Waals surface area contributed by atoms with Crippen LogP contribution < -0.4 is 10.5 Å². The molecule has 2 aromatic rings. The van der Waals surface area contributed by atoms with E-state index in [-0.39, 0.29) is 10.6 Å². The summed E-state index contributed by atoms with van der Waals surface area (Å²) in [5.74, 6) is 0.361. The zero-order valence-corrected chi connectivity index (χ0v) is 13.1. The fourth-order valence-corrected chi connectivity index (χ4v) is 3.75. The molecule has 2 N–H and O–H groups in total. The molecule has 0 aromatic heterocycles. The van der Waals surface area contributed by atoms with Crippen molar-refractivity contribution in [1.82, 2.24) is 0 Å². The van der Waals surface area contributed by atoms with E-state index in [0.29, 0.717) is 16.3 Å². The molecule has 0 amide bonds. The highest BCUT2D eigenvalue weighted by atomic mass is 35.5. The quantitative estimate of drug-likeness (QED) is 0.917. The maximum atomic E-state index is 12.4. The molecule has 0 heterocycles. The van der Waals surface area contributed by atoms with Crippen molar-refractivity contribution >= 4 is 21.4 Å². The molecule has 0 fully saturated rings. The van der Waals surface area contributed by atoms with Crippen molar-refractivity contribution in [3.63, 3.8) is 0 Å². The molecule has 2 aromatic carbocycles. The van der Waals surface area contributed by atoms with Crippen LogP contribution in [0.15, 0.2) is 53.4 Å². The summed E-state index contributed by atoms with van der Waals surface area (Å²) in [4.78, 5) is 0.167. The van der Waals surface area contributed by atoms with E-state index in [1.807, 2.05) is 0 Å². The molecular formula is C15H16ClNO3S. The fourth-order valence-electron chi connectivity index (χ4n) is 2.06. The zero-order valence-electron chi connectivity index (χ0n) is 11.5. The minimum absolute atomic E-state index is 0.167. The number of nitrogens with two attached hydrogens (primary N) is 1. The lowest BCUT2D eigenvalue weighted by molar-refractivity contribution is 0.407. The van der Waals surface area contributed by atoms with Gasteiger partial charge in [-0.05, 0) is 24.3 Å². The van der Waals surface area contributed by atoms with Gasteiger partial charge in [0, 0.05) is 16.6 Å². The Morgan fingerprint density at radius 1 is 1.19 bits per heavy atom. The van der Waals surface area contributed by atoms with Crippen LogP contribution in [0, 0.1) is 0 Å². The molecule has 0 saturated heterocycles. The first-order chi connectivity index (χ1) is 9.94. The summed E-state index contributed by atoms with van der Waals surface area (Å²) in [7, 11) is -2.00. The van der Waals surface area contributed by atoms with Gasteiger partial charge in [0.2, 0.25) is 0 Å². The Morgan fingerprint density at radius 3 is 2.57 bits per heavy atom. The summed E-state index contributed by atoms with van der Waals surface area (Å²) in [6, 6.07) is 12.6. The number of halogens is 1. The molecule has 112 valence electrons. The van der Waals surface area contributed by atoms with Crippen LogP contribution in [0.1, 0.15) is 11.6 Å². The predicted octanol–water partition coefficient (Wildman–Crippen LogP) is 2.82. The van der Waals surface area contributed by atoms with Crippen molar-refractivity contribution < 1.29 is 13.2 Å². The van der Waals surface area contributed by atoms with E-state index in [2.05, 4.69) is 0 Å². The summed E-state index contributed by atoms with van der Waals surface area (Å²) < 4.78 is 30.0. The number of hydrogen-bond donors (Lipinski definition) is 1. The minimum atomic E-state index is -3.52. The number of benzene rings is 2. The molecule has 6 heteroatoms. The van der Waals surface area contributed by atoms with Crippen LogP contribution in [0.3, 0.4) is 0 Å². The van der Waals surface area contributed by atoms with E-state index in [1.54, 1.807) is 36.4 Å². The normalized spacial score (nSPS) is 12.9. The van der Waals surface area contributed by atoms with Gasteiger partial charge in [-0.2, -0.15) is 0 Å². The molecule has 0 spiro atoms. The Kier molecular flexibility index (Phi) is 4.88. The van der Waals surface area contributed by atoms with Crippen molar-refractivity contribution in [3.8, 4) is 5.75 Å². The molecule has 0 aliphatic rings. The average Bonchev–Trinajstić information content (AvgIpc) is 2.46. The third-order valence-electron chi connectivity index (χ3n) is 3.09. The van der Waals surface area contributed by atoms with Crippen molar-refractivity contribution in [2.24, 2.45) is 5.73 Å².